The van der Waals surface area contributed by atoms with Crippen molar-refractivity contribution in [3.05, 3.63) is 64.1 Å². The Balaban J connectivity index is 1.68. The van der Waals surface area contributed by atoms with E-state index >= 15 is 0 Å². The number of benzene rings is 1. The van der Waals surface area contributed by atoms with Gasteiger partial charge in [-0.1, -0.05) is 29.9 Å². The zero-order valence-corrected chi connectivity index (χ0v) is 12.3. The molecule has 7 heteroatoms. The summed E-state index contributed by atoms with van der Waals surface area (Å²) in [5, 5.41) is 12.1. The number of hydrogen-bond acceptors (Lipinski definition) is 7. The third-order valence-corrected chi connectivity index (χ3v) is 4.48. The van der Waals surface area contributed by atoms with Crippen LogP contribution >= 0.6 is 11.3 Å². The Hall–Kier alpha value is -2.51. The van der Waals surface area contributed by atoms with Crippen molar-refractivity contribution in [2.24, 2.45) is 10.2 Å². The lowest BCUT2D eigenvalue weighted by molar-refractivity contribution is -0.140. The van der Waals surface area contributed by atoms with Gasteiger partial charge in [-0.05, 0) is 23.6 Å². The number of hydrazine groups is 1. The number of carbonyl (C=O) groups is 1. The van der Waals surface area contributed by atoms with Gasteiger partial charge in [-0.2, -0.15) is 10.2 Å². The van der Waals surface area contributed by atoms with Crippen LogP contribution in [0.15, 0.2) is 69.5 Å². The van der Waals surface area contributed by atoms with Crippen LogP contribution < -0.4 is 10.6 Å². The second-order valence-electron chi connectivity index (χ2n) is 4.90. The number of carbonyl (C=O) groups excluding carboxylic acids is 1. The Bertz CT molecular complexity index is 755. The van der Waals surface area contributed by atoms with Gasteiger partial charge in [0, 0.05) is 11.3 Å². The van der Waals surface area contributed by atoms with Gasteiger partial charge in [0.15, 0.2) is 5.70 Å². The molecule has 1 saturated heterocycles. The lowest BCUT2D eigenvalue weighted by Crippen LogP contribution is -2.29. The molecule has 0 radical (unpaired) electrons. The molecule has 1 unspecified atom stereocenters. The van der Waals surface area contributed by atoms with E-state index in [-0.39, 0.29) is 6.04 Å². The maximum absolute atomic E-state index is 12.1. The van der Waals surface area contributed by atoms with E-state index in [2.05, 4.69) is 15.8 Å². The first kappa shape index (κ1) is 13.2. The van der Waals surface area contributed by atoms with Gasteiger partial charge in [0.1, 0.15) is 6.04 Å². The van der Waals surface area contributed by atoms with Gasteiger partial charge < -0.3 is 4.84 Å². The van der Waals surface area contributed by atoms with E-state index in [0.717, 1.165) is 10.6 Å². The molecule has 0 amide bonds. The van der Waals surface area contributed by atoms with E-state index in [9.17, 15) is 4.79 Å². The summed E-state index contributed by atoms with van der Waals surface area (Å²) in [6.07, 6.45) is 0.593. The predicted octanol–water partition coefficient (Wildman–Crippen LogP) is 3.34. The number of anilines is 1. The first-order valence-electron chi connectivity index (χ1n) is 6.82. The molecule has 1 fully saturated rings. The van der Waals surface area contributed by atoms with Gasteiger partial charge in [-0.3, -0.25) is 0 Å². The van der Waals surface area contributed by atoms with E-state index in [1.54, 1.807) is 16.3 Å². The molecule has 1 atom stereocenters. The van der Waals surface area contributed by atoms with Crippen LogP contribution in [-0.2, 0) is 9.63 Å². The van der Waals surface area contributed by atoms with Crippen LogP contribution in [0.1, 0.15) is 17.3 Å². The smallest absolute Gasteiger partial charge is 0.345 e. The summed E-state index contributed by atoms with van der Waals surface area (Å²) in [5.41, 5.74) is 4.47. The fourth-order valence-electron chi connectivity index (χ4n) is 2.46. The van der Waals surface area contributed by atoms with Crippen LogP contribution in [0.3, 0.4) is 0 Å². The summed E-state index contributed by atoms with van der Waals surface area (Å²) < 4.78 is 0. The first-order valence-corrected chi connectivity index (χ1v) is 7.70. The molecule has 0 bridgehead atoms. The van der Waals surface area contributed by atoms with Crippen molar-refractivity contribution in [3.8, 4) is 0 Å². The van der Waals surface area contributed by atoms with E-state index in [4.69, 9.17) is 4.84 Å². The van der Waals surface area contributed by atoms with Gasteiger partial charge >= 0.3 is 5.97 Å². The summed E-state index contributed by atoms with van der Waals surface area (Å²) >= 11 is 1.64. The van der Waals surface area contributed by atoms with Crippen LogP contribution in [0.25, 0.3) is 0 Å². The molecule has 4 rings (SSSR count). The van der Waals surface area contributed by atoms with Crippen LogP contribution in [-0.4, -0.2) is 5.97 Å². The normalized spacial score (nSPS) is 24.1. The van der Waals surface area contributed by atoms with Gasteiger partial charge in [-0.15, -0.1) is 11.3 Å². The maximum atomic E-state index is 12.1. The molecule has 2 aliphatic heterocycles. The highest BCUT2D eigenvalue weighted by Gasteiger charge is 2.35. The van der Waals surface area contributed by atoms with E-state index < -0.39 is 5.97 Å². The van der Waals surface area contributed by atoms with Crippen molar-refractivity contribution < 1.29 is 9.63 Å². The zero-order valence-electron chi connectivity index (χ0n) is 11.5. The lowest BCUT2D eigenvalue weighted by atomic mass is 10.1. The minimum absolute atomic E-state index is 0.0199. The highest BCUT2D eigenvalue weighted by atomic mass is 32.1. The molecule has 110 valence electrons. The minimum Gasteiger partial charge on any atom is -0.345 e. The standard InChI is InChI=1S/C15H12N4O2S/c20-15-14(19(18-21-15)10-5-2-1-3-6-10)12-9-11(16-17-12)13-7-4-8-22-13/h1-8,11,18H,9H2. The average molecular weight is 312 g/mol. The highest BCUT2D eigenvalue weighted by Crippen LogP contribution is 2.38. The summed E-state index contributed by atoms with van der Waals surface area (Å²) in [6, 6.07) is 13.5. The number of rotatable bonds is 2. The van der Waals surface area contributed by atoms with Gasteiger partial charge in [0.05, 0.1) is 11.4 Å². The fraction of sp³-hybridized carbons (Fsp3) is 0.133. The molecule has 2 aromatic rings. The quantitative estimate of drug-likeness (QED) is 0.864. The Kier molecular flexibility index (Phi) is 3.21. The maximum Gasteiger partial charge on any atom is 0.378 e. The van der Waals surface area contributed by atoms with E-state index in [1.807, 2.05) is 47.8 Å². The Morgan fingerprint density at radius 3 is 2.86 bits per heavy atom. The van der Waals surface area contributed by atoms with Gasteiger partial charge in [0.2, 0.25) is 0 Å². The molecule has 0 saturated carbocycles. The molecule has 0 aliphatic carbocycles. The van der Waals surface area contributed by atoms with Gasteiger partial charge in [-0.25, -0.2) is 9.80 Å². The van der Waals surface area contributed by atoms with Crippen LogP contribution in [0.5, 0.6) is 0 Å². The van der Waals surface area contributed by atoms with E-state index in [1.165, 1.54) is 0 Å². The van der Waals surface area contributed by atoms with Crippen molar-refractivity contribution in [2.45, 2.75) is 12.5 Å². The largest absolute Gasteiger partial charge is 0.378 e. The molecule has 22 heavy (non-hydrogen) atoms. The van der Waals surface area contributed by atoms with Gasteiger partial charge in [0.25, 0.3) is 0 Å². The average Bonchev–Trinajstić information content (AvgIpc) is 3.27. The third-order valence-electron chi connectivity index (χ3n) is 3.51. The highest BCUT2D eigenvalue weighted by molar-refractivity contribution is 7.10. The molecule has 3 heterocycles. The van der Waals surface area contributed by atoms with Crippen LogP contribution in [0, 0.1) is 0 Å². The number of azo groups is 1. The van der Waals surface area contributed by atoms with Crippen molar-refractivity contribution >= 4 is 23.0 Å². The number of thiophene rings is 1. The third kappa shape index (κ3) is 2.20. The first-order chi connectivity index (χ1) is 10.8. The summed E-state index contributed by atoms with van der Waals surface area (Å²) in [4.78, 5) is 18.1. The van der Waals surface area contributed by atoms with Crippen LogP contribution in [0.2, 0.25) is 0 Å². The Morgan fingerprint density at radius 1 is 1.23 bits per heavy atom. The summed E-state index contributed by atoms with van der Waals surface area (Å²) in [6.45, 7) is 0. The Labute approximate surface area is 130 Å². The van der Waals surface area contributed by atoms with E-state index in [0.29, 0.717) is 17.8 Å². The second-order valence-corrected chi connectivity index (χ2v) is 5.88. The molecular formula is C15H12N4O2S. The van der Waals surface area contributed by atoms with Crippen molar-refractivity contribution in [1.82, 2.24) is 5.59 Å². The second kappa shape index (κ2) is 5.36. The number of para-hydroxylation sites is 1. The van der Waals surface area contributed by atoms with Crippen molar-refractivity contribution in [2.75, 3.05) is 5.01 Å². The number of nitrogens with zero attached hydrogens (tertiary/aromatic N) is 3. The molecule has 1 aromatic heterocycles. The minimum atomic E-state index is -0.440. The van der Waals surface area contributed by atoms with Crippen molar-refractivity contribution in [1.29, 1.82) is 0 Å². The molecule has 1 N–H and O–H groups in total. The summed E-state index contributed by atoms with van der Waals surface area (Å²) in [5.74, 6) is -0.440. The Morgan fingerprint density at radius 2 is 2.09 bits per heavy atom. The molecule has 2 aliphatic rings. The molecule has 0 spiro atoms. The predicted molar refractivity (Wildman–Crippen MR) is 81.7 cm³/mol. The van der Waals surface area contributed by atoms with Crippen molar-refractivity contribution in [3.63, 3.8) is 0 Å². The topological polar surface area (TPSA) is 66.3 Å². The monoisotopic (exact) mass is 312 g/mol. The molecule has 6 nitrogen and oxygen atoms in total. The number of hydrogen-bond donors (Lipinski definition) is 1. The molecular weight excluding hydrogens is 300 g/mol. The zero-order chi connectivity index (χ0) is 14.9. The fourth-order valence-corrected chi connectivity index (χ4v) is 3.22. The number of nitrogens with one attached hydrogen (secondary N) is 1. The van der Waals surface area contributed by atoms with Crippen LogP contribution in [0.4, 0.5) is 5.69 Å². The summed E-state index contributed by atoms with van der Waals surface area (Å²) in [7, 11) is 0. The SMILES string of the molecule is O=C1ONN(c2ccccc2)C1=C1CC(c2cccs2)N=N1. The lowest BCUT2D eigenvalue weighted by Gasteiger charge is -2.15. The molecule has 1 aromatic carbocycles.